The molecule has 29 heavy (non-hydrogen) atoms. The van der Waals surface area contributed by atoms with Crippen molar-refractivity contribution < 1.29 is 14.1 Å². The van der Waals surface area contributed by atoms with E-state index in [2.05, 4.69) is 17.1 Å². The SMILES string of the molecule is CN1CCN(C(=O)[C@H]2CCCCN2C(=O)c2cc(-c3ccccc3Cl)on2)CC1. The van der Waals surface area contributed by atoms with Crippen LogP contribution in [0.1, 0.15) is 29.8 Å². The monoisotopic (exact) mass is 416 g/mol. The molecule has 2 saturated heterocycles. The minimum absolute atomic E-state index is 0.0426. The average molecular weight is 417 g/mol. The van der Waals surface area contributed by atoms with Crippen LogP contribution in [-0.4, -0.2) is 77.5 Å². The molecule has 0 bridgehead atoms. The van der Waals surface area contributed by atoms with E-state index in [1.54, 1.807) is 17.0 Å². The molecule has 1 aromatic heterocycles. The van der Waals surface area contributed by atoms with E-state index < -0.39 is 6.04 Å². The van der Waals surface area contributed by atoms with Gasteiger partial charge < -0.3 is 19.2 Å². The van der Waals surface area contributed by atoms with Crippen LogP contribution in [0.3, 0.4) is 0 Å². The molecule has 4 rings (SSSR count). The highest BCUT2D eigenvalue weighted by Gasteiger charge is 2.36. The molecule has 7 nitrogen and oxygen atoms in total. The van der Waals surface area contributed by atoms with E-state index in [4.69, 9.17) is 16.1 Å². The maximum absolute atomic E-state index is 13.2. The van der Waals surface area contributed by atoms with Crippen molar-refractivity contribution >= 4 is 23.4 Å². The normalized spacial score (nSPS) is 20.7. The van der Waals surface area contributed by atoms with E-state index in [0.29, 0.717) is 42.4 Å². The molecule has 1 atom stereocenters. The maximum Gasteiger partial charge on any atom is 0.276 e. The first-order valence-corrected chi connectivity index (χ1v) is 10.4. The Morgan fingerprint density at radius 3 is 2.62 bits per heavy atom. The van der Waals surface area contributed by atoms with E-state index in [9.17, 15) is 9.59 Å². The van der Waals surface area contributed by atoms with Crippen LogP contribution in [0.15, 0.2) is 34.9 Å². The number of piperazine rings is 1. The predicted molar refractivity (Wildman–Crippen MR) is 110 cm³/mol. The highest BCUT2D eigenvalue weighted by atomic mass is 35.5. The van der Waals surface area contributed by atoms with E-state index in [1.807, 2.05) is 23.1 Å². The van der Waals surface area contributed by atoms with Gasteiger partial charge in [0.2, 0.25) is 5.91 Å². The Hall–Kier alpha value is -2.38. The zero-order valence-electron chi connectivity index (χ0n) is 16.5. The number of aromatic nitrogens is 1. The minimum Gasteiger partial charge on any atom is -0.355 e. The number of carbonyl (C=O) groups is 2. The van der Waals surface area contributed by atoms with E-state index >= 15 is 0 Å². The number of hydrogen-bond acceptors (Lipinski definition) is 5. The summed E-state index contributed by atoms with van der Waals surface area (Å²) in [5.74, 6) is 0.220. The third-order valence-corrected chi connectivity index (χ3v) is 6.06. The number of likely N-dealkylation sites (N-methyl/N-ethyl adjacent to an activating group) is 1. The zero-order chi connectivity index (χ0) is 20.4. The summed E-state index contributed by atoms with van der Waals surface area (Å²) in [6, 6.07) is 8.43. The van der Waals surface area contributed by atoms with Gasteiger partial charge in [-0.05, 0) is 38.4 Å². The molecule has 2 aromatic rings. The summed E-state index contributed by atoms with van der Waals surface area (Å²) in [6.45, 7) is 3.67. The first kappa shape index (κ1) is 19.9. The number of nitrogens with zero attached hydrogens (tertiary/aromatic N) is 4. The molecular formula is C21H25ClN4O3. The van der Waals surface area contributed by atoms with Crippen LogP contribution >= 0.6 is 11.6 Å². The number of rotatable bonds is 3. The van der Waals surface area contributed by atoms with Crippen molar-refractivity contribution in [2.24, 2.45) is 0 Å². The fourth-order valence-corrected chi connectivity index (χ4v) is 4.21. The Bertz CT molecular complexity index is 892. The molecule has 8 heteroatoms. The van der Waals surface area contributed by atoms with Crippen LogP contribution in [-0.2, 0) is 4.79 Å². The van der Waals surface area contributed by atoms with Gasteiger partial charge in [-0.25, -0.2) is 0 Å². The standard InChI is InChI=1S/C21H25ClN4O3/c1-24-10-12-25(13-11-24)21(28)18-8-4-5-9-26(18)20(27)17-14-19(29-23-17)15-6-2-3-7-16(15)22/h2-3,6-7,14,18H,4-5,8-13H2,1H3/t18-/m1/s1. The molecule has 2 fully saturated rings. The summed E-state index contributed by atoms with van der Waals surface area (Å²) in [6.07, 6.45) is 2.51. The fourth-order valence-electron chi connectivity index (χ4n) is 3.98. The van der Waals surface area contributed by atoms with Gasteiger partial charge in [0.1, 0.15) is 6.04 Å². The Morgan fingerprint density at radius 1 is 1.10 bits per heavy atom. The molecule has 0 unspecified atom stereocenters. The molecule has 0 N–H and O–H groups in total. The Kier molecular flexibility index (Phi) is 5.87. The van der Waals surface area contributed by atoms with Crippen molar-refractivity contribution in [2.45, 2.75) is 25.3 Å². The molecule has 154 valence electrons. The number of halogens is 1. The van der Waals surface area contributed by atoms with Crippen LogP contribution in [0.2, 0.25) is 5.02 Å². The molecule has 0 saturated carbocycles. The summed E-state index contributed by atoms with van der Waals surface area (Å²) in [7, 11) is 2.05. The molecule has 2 aliphatic rings. The largest absolute Gasteiger partial charge is 0.355 e. The van der Waals surface area contributed by atoms with Gasteiger partial charge in [-0.15, -0.1) is 0 Å². The van der Waals surface area contributed by atoms with Gasteiger partial charge in [-0.1, -0.05) is 28.9 Å². The summed E-state index contributed by atoms with van der Waals surface area (Å²) in [5.41, 5.74) is 0.891. The third kappa shape index (κ3) is 4.16. The van der Waals surface area contributed by atoms with Crippen molar-refractivity contribution in [1.29, 1.82) is 0 Å². The van der Waals surface area contributed by atoms with Gasteiger partial charge >= 0.3 is 0 Å². The lowest BCUT2D eigenvalue weighted by Gasteiger charge is -2.39. The quantitative estimate of drug-likeness (QED) is 0.769. The fraction of sp³-hybridized carbons (Fsp3) is 0.476. The summed E-state index contributed by atoms with van der Waals surface area (Å²) < 4.78 is 5.38. The van der Waals surface area contributed by atoms with Crippen LogP contribution in [0.25, 0.3) is 11.3 Å². The van der Waals surface area contributed by atoms with E-state index in [1.165, 1.54) is 0 Å². The second kappa shape index (κ2) is 8.55. The van der Waals surface area contributed by atoms with E-state index in [-0.39, 0.29) is 17.5 Å². The Morgan fingerprint density at radius 2 is 1.86 bits per heavy atom. The van der Waals surface area contributed by atoms with Crippen molar-refractivity contribution in [1.82, 2.24) is 19.9 Å². The molecule has 2 aliphatic heterocycles. The number of hydrogen-bond donors (Lipinski definition) is 0. The summed E-state index contributed by atoms with van der Waals surface area (Å²) >= 11 is 6.22. The molecule has 0 radical (unpaired) electrons. The number of piperidine rings is 1. The molecule has 2 amide bonds. The molecule has 3 heterocycles. The van der Waals surface area contributed by atoms with E-state index in [0.717, 1.165) is 25.9 Å². The average Bonchev–Trinajstić information content (AvgIpc) is 3.23. The number of carbonyl (C=O) groups excluding carboxylic acids is 2. The molecular weight excluding hydrogens is 392 g/mol. The van der Waals surface area contributed by atoms with Crippen LogP contribution in [0.5, 0.6) is 0 Å². The smallest absolute Gasteiger partial charge is 0.276 e. The van der Waals surface area contributed by atoms with Crippen LogP contribution in [0, 0.1) is 0 Å². The number of benzene rings is 1. The Labute approximate surface area is 175 Å². The first-order valence-electron chi connectivity index (χ1n) is 10.0. The van der Waals surface area contributed by atoms with Crippen LogP contribution in [0.4, 0.5) is 0 Å². The van der Waals surface area contributed by atoms with Crippen molar-refractivity contribution in [2.75, 3.05) is 39.8 Å². The van der Waals surface area contributed by atoms with Gasteiger partial charge in [-0.3, -0.25) is 9.59 Å². The van der Waals surface area contributed by atoms with Gasteiger partial charge in [0.15, 0.2) is 11.5 Å². The van der Waals surface area contributed by atoms with Crippen molar-refractivity contribution in [3.63, 3.8) is 0 Å². The lowest BCUT2D eigenvalue weighted by molar-refractivity contribution is -0.138. The highest BCUT2D eigenvalue weighted by Crippen LogP contribution is 2.29. The first-order chi connectivity index (χ1) is 14.0. The van der Waals surface area contributed by atoms with Crippen molar-refractivity contribution in [3.8, 4) is 11.3 Å². The topological polar surface area (TPSA) is 69.9 Å². The van der Waals surface area contributed by atoms with Gasteiger partial charge in [0.05, 0.1) is 5.02 Å². The molecule has 0 spiro atoms. The predicted octanol–water partition coefficient (Wildman–Crippen LogP) is 2.76. The number of likely N-dealkylation sites (tertiary alicyclic amines) is 1. The second-order valence-electron chi connectivity index (χ2n) is 7.69. The minimum atomic E-state index is -0.430. The van der Waals surface area contributed by atoms with Crippen molar-refractivity contribution in [3.05, 3.63) is 41.0 Å². The Balaban J connectivity index is 1.52. The lowest BCUT2D eigenvalue weighted by Crippen LogP contribution is -2.56. The third-order valence-electron chi connectivity index (χ3n) is 5.73. The highest BCUT2D eigenvalue weighted by molar-refractivity contribution is 6.33. The zero-order valence-corrected chi connectivity index (χ0v) is 17.3. The van der Waals surface area contributed by atoms with Gasteiger partial charge in [0.25, 0.3) is 5.91 Å². The molecule has 0 aliphatic carbocycles. The number of amides is 2. The second-order valence-corrected chi connectivity index (χ2v) is 8.10. The van der Waals surface area contributed by atoms with Gasteiger partial charge in [-0.2, -0.15) is 0 Å². The molecule has 1 aromatic carbocycles. The van der Waals surface area contributed by atoms with Gasteiger partial charge in [0, 0.05) is 44.4 Å². The van der Waals surface area contributed by atoms with Crippen LogP contribution < -0.4 is 0 Å². The lowest BCUT2D eigenvalue weighted by atomic mass is 9.99. The summed E-state index contributed by atoms with van der Waals surface area (Å²) in [5, 5.41) is 4.50. The maximum atomic E-state index is 13.2. The summed E-state index contributed by atoms with van der Waals surface area (Å²) in [4.78, 5) is 32.1.